The van der Waals surface area contributed by atoms with Gasteiger partial charge in [-0.05, 0) is 6.42 Å². The Morgan fingerprint density at radius 1 is 0.724 bits per heavy atom. The van der Waals surface area contributed by atoms with Crippen molar-refractivity contribution in [3.63, 3.8) is 0 Å². The summed E-state index contributed by atoms with van der Waals surface area (Å²) in [5.74, 6) is 1.02. The van der Waals surface area contributed by atoms with Crippen molar-refractivity contribution in [1.29, 1.82) is 0 Å². The minimum absolute atomic E-state index is 0. The van der Waals surface area contributed by atoms with Crippen molar-refractivity contribution in [3.05, 3.63) is 0 Å². The van der Waals surface area contributed by atoms with Crippen LogP contribution >= 0.6 is 11.8 Å². The third-order valence-corrected chi connectivity index (χ3v) is 7.44. The monoisotopic (exact) mass is 539 g/mol. The molecule has 0 aromatic carbocycles. The Morgan fingerprint density at radius 2 is 1.14 bits per heavy atom. The zero-order valence-corrected chi connectivity index (χ0v) is 22.7. The lowest BCUT2D eigenvalue weighted by molar-refractivity contribution is -0.895. The molecule has 1 aliphatic rings. The maximum absolute atomic E-state index is 12.0. The highest BCUT2D eigenvalue weighted by atomic mass is 127. The van der Waals surface area contributed by atoms with Gasteiger partial charge in [0.15, 0.2) is 5.12 Å². The molecule has 1 rings (SSSR count). The van der Waals surface area contributed by atoms with Crippen LogP contribution in [0.3, 0.4) is 0 Å². The van der Waals surface area contributed by atoms with Crippen molar-refractivity contribution in [2.45, 2.75) is 122 Å². The molecule has 0 N–H and O–H groups in total. The number of halogens is 1. The first-order valence-corrected chi connectivity index (χ1v) is 13.6. The summed E-state index contributed by atoms with van der Waals surface area (Å²) in [7, 11) is 2.35. The summed E-state index contributed by atoms with van der Waals surface area (Å²) in [6, 6.07) is 0. The highest BCUT2D eigenvalue weighted by Crippen LogP contribution is 2.19. The normalized spacial score (nSPS) is 15.4. The van der Waals surface area contributed by atoms with Crippen LogP contribution in [-0.4, -0.2) is 42.0 Å². The smallest absolute Gasteiger partial charge is 0.189 e. The van der Waals surface area contributed by atoms with Gasteiger partial charge >= 0.3 is 0 Å². The number of hydrogen-bond donors (Lipinski definition) is 0. The Kier molecular flexibility index (Phi) is 21.1. The van der Waals surface area contributed by atoms with Crippen LogP contribution in [-0.2, 0) is 4.79 Å². The van der Waals surface area contributed by atoms with Gasteiger partial charge in [-0.2, -0.15) is 0 Å². The fourth-order valence-electron chi connectivity index (χ4n) is 4.42. The molecule has 0 aliphatic carbocycles. The third-order valence-electron chi connectivity index (χ3n) is 6.52. The molecule has 0 amide bonds. The number of hydrogen-bond acceptors (Lipinski definition) is 2. The number of quaternary nitrogens is 1. The van der Waals surface area contributed by atoms with Gasteiger partial charge in [-0.25, -0.2) is 0 Å². The standard InChI is InChI=1S/C25H50NOS.HI/c1-3-4-5-6-7-8-9-10-11-12-13-14-15-16-17-20-25(27)28-24-23-26(2)21-18-19-22-26;/h3-24H2,1-2H3;1H/q+1;/p-1. The van der Waals surface area contributed by atoms with Crippen LogP contribution in [0.2, 0.25) is 0 Å². The lowest BCUT2D eigenvalue weighted by Crippen LogP contribution is -3.00. The number of unbranched alkanes of at least 4 members (excludes halogenated alkanes) is 14. The molecule has 0 unspecified atom stereocenters. The molecule has 0 radical (unpaired) electrons. The van der Waals surface area contributed by atoms with Gasteiger partial charge in [0.25, 0.3) is 0 Å². The molecule has 0 bridgehead atoms. The van der Waals surface area contributed by atoms with Crippen LogP contribution in [0.25, 0.3) is 0 Å². The van der Waals surface area contributed by atoms with Crippen molar-refractivity contribution >= 4 is 16.9 Å². The molecule has 4 heteroatoms. The third kappa shape index (κ3) is 18.0. The molecular formula is C25H50INOS. The number of likely N-dealkylation sites (tertiary alicyclic amines) is 1. The van der Waals surface area contributed by atoms with E-state index < -0.39 is 0 Å². The van der Waals surface area contributed by atoms with Gasteiger partial charge in [0.05, 0.1) is 32.4 Å². The van der Waals surface area contributed by atoms with E-state index in [9.17, 15) is 4.79 Å². The van der Waals surface area contributed by atoms with Crippen molar-refractivity contribution in [1.82, 2.24) is 0 Å². The van der Waals surface area contributed by atoms with Crippen molar-refractivity contribution in [2.24, 2.45) is 0 Å². The molecule has 0 saturated carbocycles. The molecule has 1 saturated heterocycles. The molecule has 1 aliphatic heterocycles. The zero-order valence-electron chi connectivity index (χ0n) is 19.7. The molecule has 0 aromatic heterocycles. The predicted molar refractivity (Wildman–Crippen MR) is 127 cm³/mol. The first-order chi connectivity index (χ1) is 13.7. The lowest BCUT2D eigenvalue weighted by atomic mass is 10.0. The molecule has 174 valence electrons. The Balaban J connectivity index is 0.00000784. The van der Waals surface area contributed by atoms with Crippen molar-refractivity contribution < 1.29 is 33.3 Å². The maximum Gasteiger partial charge on any atom is 0.189 e. The fraction of sp³-hybridized carbons (Fsp3) is 0.960. The van der Waals surface area contributed by atoms with E-state index in [2.05, 4.69) is 14.0 Å². The number of nitrogens with zero attached hydrogens (tertiary/aromatic N) is 1. The molecule has 2 nitrogen and oxygen atoms in total. The van der Waals surface area contributed by atoms with E-state index in [-0.39, 0.29) is 24.0 Å². The first-order valence-electron chi connectivity index (χ1n) is 12.7. The number of carbonyl (C=O) groups is 1. The van der Waals surface area contributed by atoms with Crippen molar-refractivity contribution in [2.75, 3.05) is 32.4 Å². The van der Waals surface area contributed by atoms with E-state index >= 15 is 0 Å². The second-order valence-corrected chi connectivity index (χ2v) is 10.6. The van der Waals surface area contributed by atoms with Crippen LogP contribution < -0.4 is 24.0 Å². The topological polar surface area (TPSA) is 17.1 Å². The van der Waals surface area contributed by atoms with Gasteiger partial charge in [0, 0.05) is 19.3 Å². The van der Waals surface area contributed by atoms with E-state index in [0.29, 0.717) is 5.12 Å². The zero-order chi connectivity index (χ0) is 20.3. The van der Waals surface area contributed by atoms with E-state index in [1.165, 1.54) is 127 Å². The molecule has 1 heterocycles. The van der Waals surface area contributed by atoms with Crippen molar-refractivity contribution in [3.8, 4) is 0 Å². The highest BCUT2D eigenvalue weighted by Gasteiger charge is 2.26. The summed E-state index contributed by atoms with van der Waals surface area (Å²) in [4.78, 5) is 12.0. The Labute approximate surface area is 204 Å². The van der Waals surface area contributed by atoms with E-state index in [4.69, 9.17) is 0 Å². The van der Waals surface area contributed by atoms with Gasteiger partial charge in [-0.15, -0.1) is 0 Å². The summed E-state index contributed by atoms with van der Waals surface area (Å²) in [5, 5.41) is 0.431. The minimum atomic E-state index is 0. The number of thioether (sulfide) groups is 1. The summed E-state index contributed by atoms with van der Waals surface area (Å²) >= 11 is 1.59. The molecular weight excluding hydrogens is 489 g/mol. The average molecular weight is 540 g/mol. The molecule has 0 spiro atoms. The van der Waals surface area contributed by atoms with Gasteiger partial charge < -0.3 is 28.5 Å². The second kappa shape index (κ2) is 20.6. The lowest BCUT2D eigenvalue weighted by Gasteiger charge is -2.28. The summed E-state index contributed by atoms with van der Waals surface area (Å²) in [6.07, 6.45) is 24.3. The summed E-state index contributed by atoms with van der Waals surface area (Å²) < 4.78 is 1.19. The predicted octanol–water partition coefficient (Wildman–Crippen LogP) is 4.75. The summed E-state index contributed by atoms with van der Waals surface area (Å²) in [5.41, 5.74) is 0. The molecule has 0 atom stereocenters. The van der Waals surface area contributed by atoms with Crippen LogP contribution in [0.1, 0.15) is 122 Å². The number of rotatable bonds is 19. The van der Waals surface area contributed by atoms with Crippen LogP contribution in [0.5, 0.6) is 0 Å². The second-order valence-electron chi connectivity index (χ2n) is 9.42. The van der Waals surface area contributed by atoms with E-state index in [1.807, 2.05) is 0 Å². The molecule has 1 fully saturated rings. The molecule has 0 aromatic rings. The summed E-state index contributed by atoms with van der Waals surface area (Å²) in [6.45, 7) is 6.09. The van der Waals surface area contributed by atoms with Crippen LogP contribution in [0.4, 0.5) is 0 Å². The average Bonchev–Trinajstić information content (AvgIpc) is 3.11. The number of carbonyl (C=O) groups excluding carboxylic acids is 1. The van der Waals surface area contributed by atoms with Crippen LogP contribution in [0, 0.1) is 0 Å². The van der Waals surface area contributed by atoms with Gasteiger partial charge in [0.2, 0.25) is 0 Å². The fourth-order valence-corrected chi connectivity index (χ4v) is 5.46. The van der Waals surface area contributed by atoms with Gasteiger partial charge in [0.1, 0.15) is 0 Å². The SMILES string of the molecule is CCCCCCCCCCCCCCCCCC(=O)SCC[N+]1(C)CCCC1.[I-]. The Bertz CT molecular complexity index is 372. The van der Waals surface area contributed by atoms with Crippen LogP contribution in [0.15, 0.2) is 0 Å². The van der Waals surface area contributed by atoms with E-state index in [1.54, 1.807) is 11.8 Å². The highest BCUT2D eigenvalue weighted by molar-refractivity contribution is 8.13. The quantitative estimate of drug-likeness (QED) is 0.134. The Hall–Kier alpha value is 0.710. The van der Waals surface area contributed by atoms with Gasteiger partial charge in [-0.3, -0.25) is 4.79 Å². The van der Waals surface area contributed by atoms with Gasteiger partial charge in [-0.1, -0.05) is 109 Å². The first kappa shape index (κ1) is 29.7. The van der Waals surface area contributed by atoms with E-state index in [0.717, 1.165) is 18.6 Å². The Morgan fingerprint density at radius 3 is 1.59 bits per heavy atom. The maximum atomic E-state index is 12.0. The largest absolute Gasteiger partial charge is 1.00 e. The minimum Gasteiger partial charge on any atom is -1.00 e. The molecule has 29 heavy (non-hydrogen) atoms.